The zero-order valence-corrected chi connectivity index (χ0v) is 14.3. The summed E-state index contributed by atoms with van der Waals surface area (Å²) in [6, 6.07) is 8.63. The van der Waals surface area contributed by atoms with Crippen LogP contribution in [0.3, 0.4) is 0 Å². The van der Waals surface area contributed by atoms with E-state index >= 15 is 0 Å². The summed E-state index contributed by atoms with van der Waals surface area (Å²) in [6.45, 7) is 0.251. The van der Waals surface area contributed by atoms with Crippen molar-refractivity contribution in [2.24, 2.45) is 0 Å². The second-order valence-electron chi connectivity index (χ2n) is 5.91. The van der Waals surface area contributed by atoms with Crippen molar-refractivity contribution in [3.8, 4) is 5.75 Å². The van der Waals surface area contributed by atoms with Crippen LogP contribution in [0, 0.1) is 0 Å². The highest BCUT2D eigenvalue weighted by Crippen LogP contribution is 2.25. The SMILES string of the molecule is COc1cc(C(=O)N[C@@H]2CCOC[C@H]2OCC(=O)O)nc2ccccc12. The molecule has 1 fully saturated rings. The third-order valence-corrected chi connectivity index (χ3v) is 4.17. The number of amides is 1. The van der Waals surface area contributed by atoms with Gasteiger partial charge in [0.15, 0.2) is 0 Å². The van der Waals surface area contributed by atoms with Crippen molar-refractivity contribution in [3.05, 3.63) is 36.0 Å². The lowest BCUT2D eigenvalue weighted by molar-refractivity contribution is -0.148. The number of hydrogen-bond acceptors (Lipinski definition) is 6. The molecule has 138 valence electrons. The van der Waals surface area contributed by atoms with Gasteiger partial charge >= 0.3 is 5.97 Å². The third-order valence-electron chi connectivity index (χ3n) is 4.17. The molecule has 8 heteroatoms. The molecule has 2 aromatic rings. The number of carboxylic acid groups (broad SMARTS) is 1. The molecule has 1 aromatic heterocycles. The van der Waals surface area contributed by atoms with E-state index in [2.05, 4.69) is 10.3 Å². The van der Waals surface area contributed by atoms with Gasteiger partial charge in [0, 0.05) is 18.1 Å². The fourth-order valence-electron chi connectivity index (χ4n) is 2.89. The molecular weight excluding hydrogens is 340 g/mol. The minimum atomic E-state index is -1.07. The summed E-state index contributed by atoms with van der Waals surface area (Å²) in [7, 11) is 1.54. The summed E-state index contributed by atoms with van der Waals surface area (Å²) in [5.41, 5.74) is 0.881. The Morgan fingerprint density at radius 3 is 2.96 bits per heavy atom. The van der Waals surface area contributed by atoms with Crippen molar-refractivity contribution in [1.29, 1.82) is 0 Å². The summed E-state index contributed by atoms with van der Waals surface area (Å²) in [6.07, 6.45) is 0.00643. The molecule has 1 saturated heterocycles. The summed E-state index contributed by atoms with van der Waals surface area (Å²) in [4.78, 5) is 27.8. The predicted molar refractivity (Wildman–Crippen MR) is 92.4 cm³/mol. The molecule has 1 amide bonds. The van der Waals surface area contributed by atoms with Gasteiger partial charge in [-0.15, -0.1) is 0 Å². The number of hydrogen-bond donors (Lipinski definition) is 2. The van der Waals surface area contributed by atoms with Gasteiger partial charge in [0.05, 0.1) is 25.3 Å². The summed E-state index contributed by atoms with van der Waals surface area (Å²) in [5.74, 6) is -0.877. The van der Waals surface area contributed by atoms with Gasteiger partial charge in [0.25, 0.3) is 5.91 Å². The highest BCUT2D eigenvalue weighted by atomic mass is 16.5. The van der Waals surface area contributed by atoms with E-state index < -0.39 is 18.7 Å². The molecule has 1 aliphatic rings. The second kappa shape index (κ2) is 8.11. The number of nitrogens with zero attached hydrogens (tertiary/aromatic N) is 1. The van der Waals surface area contributed by atoms with Crippen LogP contribution in [0.2, 0.25) is 0 Å². The van der Waals surface area contributed by atoms with E-state index in [9.17, 15) is 9.59 Å². The quantitative estimate of drug-likeness (QED) is 0.798. The van der Waals surface area contributed by atoms with Crippen molar-refractivity contribution < 1.29 is 28.9 Å². The number of para-hydroxylation sites is 1. The van der Waals surface area contributed by atoms with E-state index in [4.69, 9.17) is 19.3 Å². The van der Waals surface area contributed by atoms with Crippen molar-refractivity contribution in [1.82, 2.24) is 10.3 Å². The summed E-state index contributed by atoms with van der Waals surface area (Å²) < 4.78 is 16.0. The highest BCUT2D eigenvalue weighted by molar-refractivity contribution is 5.97. The Morgan fingerprint density at radius 1 is 1.38 bits per heavy atom. The molecule has 3 rings (SSSR count). The Hall–Kier alpha value is -2.71. The number of aliphatic carboxylic acids is 1. The molecule has 0 radical (unpaired) electrons. The van der Waals surface area contributed by atoms with Gasteiger partial charge in [-0.25, -0.2) is 9.78 Å². The Balaban J connectivity index is 1.78. The first kappa shape index (κ1) is 18.1. The number of aromatic nitrogens is 1. The molecule has 26 heavy (non-hydrogen) atoms. The molecule has 2 N–H and O–H groups in total. The van der Waals surface area contributed by atoms with E-state index in [0.29, 0.717) is 24.3 Å². The lowest BCUT2D eigenvalue weighted by Gasteiger charge is -2.31. The van der Waals surface area contributed by atoms with E-state index in [0.717, 1.165) is 5.39 Å². The van der Waals surface area contributed by atoms with Gasteiger partial charge in [0.1, 0.15) is 24.2 Å². The number of rotatable bonds is 6. The first-order valence-electron chi connectivity index (χ1n) is 8.24. The third kappa shape index (κ3) is 4.09. The number of benzene rings is 1. The van der Waals surface area contributed by atoms with Crippen LogP contribution < -0.4 is 10.1 Å². The maximum Gasteiger partial charge on any atom is 0.329 e. The molecule has 1 aromatic carbocycles. The lowest BCUT2D eigenvalue weighted by atomic mass is 10.1. The maximum absolute atomic E-state index is 12.7. The molecule has 0 bridgehead atoms. The minimum Gasteiger partial charge on any atom is -0.496 e. The number of ether oxygens (including phenoxy) is 3. The normalized spacial score (nSPS) is 19.9. The predicted octanol–water partition coefficient (Wildman–Crippen LogP) is 1.23. The van der Waals surface area contributed by atoms with E-state index in [-0.39, 0.29) is 24.2 Å². The largest absolute Gasteiger partial charge is 0.496 e. The second-order valence-corrected chi connectivity index (χ2v) is 5.91. The van der Waals surface area contributed by atoms with Gasteiger partial charge in [-0.05, 0) is 18.6 Å². The van der Waals surface area contributed by atoms with Crippen LogP contribution in [0.15, 0.2) is 30.3 Å². The van der Waals surface area contributed by atoms with Crippen LogP contribution in [0.4, 0.5) is 0 Å². The van der Waals surface area contributed by atoms with Crippen molar-refractivity contribution in [2.75, 3.05) is 26.9 Å². The summed E-state index contributed by atoms with van der Waals surface area (Å²) >= 11 is 0. The van der Waals surface area contributed by atoms with Gasteiger partial charge in [-0.2, -0.15) is 0 Å². The molecule has 1 aliphatic heterocycles. The van der Waals surface area contributed by atoms with Crippen LogP contribution in [-0.4, -0.2) is 61.0 Å². The standard InChI is InChI=1S/C18H20N2O6/c1-24-15-8-14(19-12-5-3-2-4-11(12)15)18(23)20-13-6-7-25-9-16(13)26-10-17(21)22/h2-5,8,13,16H,6-7,9-10H2,1H3,(H,20,23)(H,21,22)/t13-,16-/m1/s1. The van der Waals surface area contributed by atoms with Crippen molar-refractivity contribution in [3.63, 3.8) is 0 Å². The molecule has 2 atom stereocenters. The summed E-state index contributed by atoms with van der Waals surface area (Å²) in [5, 5.41) is 12.5. The molecule has 8 nitrogen and oxygen atoms in total. The average molecular weight is 360 g/mol. The first-order valence-corrected chi connectivity index (χ1v) is 8.24. The maximum atomic E-state index is 12.7. The molecule has 0 saturated carbocycles. The van der Waals surface area contributed by atoms with Crippen LogP contribution in [-0.2, 0) is 14.3 Å². The monoisotopic (exact) mass is 360 g/mol. The minimum absolute atomic E-state index is 0.226. The fourth-order valence-corrected chi connectivity index (χ4v) is 2.89. The van der Waals surface area contributed by atoms with Gasteiger partial charge in [0.2, 0.25) is 0 Å². The fraction of sp³-hybridized carbons (Fsp3) is 0.389. The van der Waals surface area contributed by atoms with Gasteiger partial charge in [-0.3, -0.25) is 4.79 Å². The zero-order valence-electron chi connectivity index (χ0n) is 14.3. The van der Waals surface area contributed by atoms with Crippen molar-refractivity contribution >= 4 is 22.8 Å². The number of carbonyl (C=O) groups is 2. The van der Waals surface area contributed by atoms with E-state index in [1.54, 1.807) is 6.07 Å². The van der Waals surface area contributed by atoms with Gasteiger partial charge < -0.3 is 24.6 Å². The average Bonchev–Trinajstić information content (AvgIpc) is 2.66. The van der Waals surface area contributed by atoms with Crippen LogP contribution in [0.25, 0.3) is 10.9 Å². The number of carbonyl (C=O) groups excluding carboxylic acids is 1. The molecular formula is C18H20N2O6. The Bertz CT molecular complexity index is 809. The number of fused-ring (bicyclic) bond motifs is 1. The number of methoxy groups -OCH3 is 1. The lowest BCUT2D eigenvalue weighted by Crippen LogP contribution is -2.50. The zero-order chi connectivity index (χ0) is 18.5. The number of nitrogens with one attached hydrogen (secondary N) is 1. The Morgan fingerprint density at radius 2 is 2.19 bits per heavy atom. The Labute approximate surface area is 150 Å². The topological polar surface area (TPSA) is 107 Å². The molecule has 0 spiro atoms. The Kier molecular flexibility index (Phi) is 5.65. The van der Waals surface area contributed by atoms with Crippen LogP contribution in [0.5, 0.6) is 5.75 Å². The van der Waals surface area contributed by atoms with E-state index in [1.165, 1.54) is 7.11 Å². The van der Waals surface area contributed by atoms with E-state index in [1.807, 2.05) is 24.3 Å². The molecule has 0 aliphatic carbocycles. The number of carboxylic acids is 1. The number of pyridine rings is 1. The van der Waals surface area contributed by atoms with Crippen molar-refractivity contribution in [2.45, 2.75) is 18.6 Å². The van der Waals surface area contributed by atoms with Crippen LogP contribution >= 0.6 is 0 Å². The highest BCUT2D eigenvalue weighted by Gasteiger charge is 2.29. The van der Waals surface area contributed by atoms with Gasteiger partial charge in [-0.1, -0.05) is 12.1 Å². The molecule has 0 unspecified atom stereocenters. The smallest absolute Gasteiger partial charge is 0.329 e. The first-order chi connectivity index (χ1) is 12.6. The van der Waals surface area contributed by atoms with Crippen LogP contribution in [0.1, 0.15) is 16.9 Å². The molecule has 2 heterocycles.